The van der Waals surface area contributed by atoms with Gasteiger partial charge in [0.25, 0.3) is 10.0 Å². The van der Waals surface area contributed by atoms with Gasteiger partial charge in [-0.05, 0) is 24.3 Å². The van der Waals surface area contributed by atoms with Crippen molar-refractivity contribution in [1.29, 1.82) is 0 Å². The van der Waals surface area contributed by atoms with Crippen LogP contribution in [0.5, 0.6) is 0 Å². The summed E-state index contributed by atoms with van der Waals surface area (Å²) in [6.45, 7) is 4.45. The fraction of sp³-hybridized carbons (Fsp3) is 0.286. The Balaban J connectivity index is 2.60. The van der Waals surface area contributed by atoms with Gasteiger partial charge < -0.3 is 0 Å². The summed E-state index contributed by atoms with van der Waals surface area (Å²) in [6.07, 6.45) is 3.12. The van der Waals surface area contributed by atoms with E-state index in [0.29, 0.717) is 24.3 Å². The second-order valence-corrected chi connectivity index (χ2v) is 6.01. The van der Waals surface area contributed by atoms with Crippen LogP contribution in [0.1, 0.15) is 13.8 Å². The van der Waals surface area contributed by atoms with Crippen molar-refractivity contribution in [3.8, 4) is 11.3 Å². The molecule has 2 heterocycles. The van der Waals surface area contributed by atoms with E-state index < -0.39 is 10.0 Å². The molecule has 0 spiro atoms. The third kappa shape index (κ3) is 2.71. The first-order valence-corrected chi connectivity index (χ1v) is 7.91. The second kappa shape index (κ2) is 6.11. The lowest BCUT2D eigenvalue weighted by molar-refractivity contribution is 0.443. The normalized spacial score (nSPS) is 11.8. The predicted octanol–water partition coefficient (Wildman–Crippen LogP) is 2.17. The number of nitrogens with zero attached hydrogens (tertiary/aromatic N) is 3. The Morgan fingerprint density at radius 1 is 1.00 bits per heavy atom. The Morgan fingerprint density at radius 3 is 2.30 bits per heavy atom. The van der Waals surface area contributed by atoms with Crippen LogP contribution in [0.4, 0.5) is 0 Å². The van der Waals surface area contributed by atoms with E-state index in [4.69, 9.17) is 0 Å². The molecule has 6 heteroatoms. The van der Waals surface area contributed by atoms with Crippen molar-refractivity contribution >= 4 is 10.0 Å². The summed E-state index contributed by atoms with van der Waals surface area (Å²) in [6, 6.07) is 8.83. The molecule has 0 atom stereocenters. The van der Waals surface area contributed by atoms with Gasteiger partial charge in [0.15, 0.2) is 5.03 Å². The Labute approximate surface area is 119 Å². The smallest absolute Gasteiger partial charge is 0.256 e. The van der Waals surface area contributed by atoms with Crippen LogP contribution in [0.15, 0.2) is 47.8 Å². The lowest BCUT2D eigenvalue weighted by atomic mass is 10.2. The van der Waals surface area contributed by atoms with Gasteiger partial charge in [-0.1, -0.05) is 19.9 Å². The number of sulfonamides is 1. The summed E-state index contributed by atoms with van der Waals surface area (Å²) >= 11 is 0. The van der Waals surface area contributed by atoms with Crippen molar-refractivity contribution in [3.63, 3.8) is 0 Å². The largest absolute Gasteiger partial charge is 0.261 e. The van der Waals surface area contributed by atoms with Gasteiger partial charge in [0.05, 0.1) is 5.69 Å². The molecule has 0 N–H and O–H groups in total. The SMILES string of the molecule is CCN(CC)S(=O)(=O)c1ncccc1-c1ccccn1. The predicted molar refractivity (Wildman–Crippen MR) is 77.6 cm³/mol. The van der Waals surface area contributed by atoms with Crippen molar-refractivity contribution in [1.82, 2.24) is 14.3 Å². The maximum atomic E-state index is 12.6. The molecule has 0 aliphatic carbocycles. The Kier molecular flexibility index (Phi) is 4.46. The molecule has 2 aromatic rings. The van der Waals surface area contributed by atoms with Gasteiger partial charge in [-0.15, -0.1) is 0 Å². The molecule has 0 aromatic carbocycles. The molecule has 2 rings (SSSR count). The highest BCUT2D eigenvalue weighted by Gasteiger charge is 2.26. The van der Waals surface area contributed by atoms with E-state index >= 15 is 0 Å². The highest BCUT2D eigenvalue weighted by molar-refractivity contribution is 7.89. The van der Waals surface area contributed by atoms with Crippen molar-refractivity contribution in [2.45, 2.75) is 18.9 Å². The van der Waals surface area contributed by atoms with Crippen LogP contribution < -0.4 is 0 Å². The fourth-order valence-corrected chi connectivity index (χ4v) is 3.57. The fourth-order valence-electron chi connectivity index (χ4n) is 2.00. The summed E-state index contributed by atoms with van der Waals surface area (Å²) in [7, 11) is -3.60. The minimum atomic E-state index is -3.60. The molecule has 5 nitrogen and oxygen atoms in total. The van der Waals surface area contributed by atoms with E-state index in [1.54, 1.807) is 30.5 Å². The molecule has 0 radical (unpaired) electrons. The average molecular weight is 291 g/mol. The summed E-state index contributed by atoms with van der Waals surface area (Å²) in [5.74, 6) is 0. The monoisotopic (exact) mass is 291 g/mol. The van der Waals surface area contributed by atoms with Crippen LogP contribution in [0.25, 0.3) is 11.3 Å². The van der Waals surface area contributed by atoms with Crippen molar-refractivity contribution in [2.75, 3.05) is 13.1 Å². The van der Waals surface area contributed by atoms with Gasteiger partial charge in [-0.25, -0.2) is 13.4 Å². The summed E-state index contributed by atoms with van der Waals surface area (Å²) < 4.78 is 26.6. The standard InChI is InChI=1S/C14H17N3O2S/c1-3-17(4-2)20(18,19)14-12(8-7-11-16-14)13-9-5-6-10-15-13/h5-11H,3-4H2,1-2H3. The first-order valence-electron chi connectivity index (χ1n) is 6.47. The maximum absolute atomic E-state index is 12.6. The molecule has 0 aliphatic rings. The molecule has 2 aromatic heterocycles. The molecule has 20 heavy (non-hydrogen) atoms. The summed E-state index contributed by atoms with van der Waals surface area (Å²) in [5.41, 5.74) is 1.13. The molecule has 0 fully saturated rings. The Morgan fingerprint density at radius 2 is 1.70 bits per heavy atom. The van der Waals surface area contributed by atoms with Crippen molar-refractivity contribution in [2.24, 2.45) is 0 Å². The highest BCUT2D eigenvalue weighted by atomic mass is 32.2. The van der Waals surface area contributed by atoms with Crippen LogP contribution in [0.2, 0.25) is 0 Å². The molecule has 0 saturated heterocycles. The summed E-state index contributed by atoms with van der Waals surface area (Å²) in [5, 5.41) is 0.0578. The van der Waals surface area contributed by atoms with Gasteiger partial charge in [0, 0.05) is 31.0 Å². The van der Waals surface area contributed by atoms with Crippen LogP contribution in [-0.2, 0) is 10.0 Å². The molecular formula is C14H17N3O2S. The topological polar surface area (TPSA) is 63.2 Å². The first-order chi connectivity index (χ1) is 9.61. The minimum Gasteiger partial charge on any atom is -0.256 e. The lowest BCUT2D eigenvalue weighted by Gasteiger charge is -2.19. The second-order valence-electron chi connectivity index (χ2n) is 4.16. The zero-order valence-corrected chi connectivity index (χ0v) is 12.3. The zero-order chi connectivity index (χ0) is 14.6. The molecular weight excluding hydrogens is 274 g/mol. The molecule has 106 valence electrons. The van der Waals surface area contributed by atoms with Crippen LogP contribution in [0.3, 0.4) is 0 Å². The lowest BCUT2D eigenvalue weighted by Crippen LogP contribution is -2.31. The minimum absolute atomic E-state index is 0.0578. The van der Waals surface area contributed by atoms with E-state index in [-0.39, 0.29) is 5.03 Å². The Bertz CT molecular complexity index is 668. The maximum Gasteiger partial charge on any atom is 0.261 e. The van der Waals surface area contributed by atoms with Gasteiger partial charge in [0.2, 0.25) is 0 Å². The Hall–Kier alpha value is -1.79. The molecule has 0 aliphatic heterocycles. The number of hydrogen-bond acceptors (Lipinski definition) is 4. The van der Waals surface area contributed by atoms with E-state index in [2.05, 4.69) is 9.97 Å². The van der Waals surface area contributed by atoms with Gasteiger partial charge in [0.1, 0.15) is 0 Å². The number of aromatic nitrogens is 2. The highest BCUT2D eigenvalue weighted by Crippen LogP contribution is 2.25. The van der Waals surface area contributed by atoms with Crippen LogP contribution in [-0.4, -0.2) is 35.8 Å². The van der Waals surface area contributed by atoms with Crippen LogP contribution in [0, 0.1) is 0 Å². The first kappa shape index (κ1) is 14.6. The number of pyridine rings is 2. The van der Waals surface area contributed by atoms with Gasteiger partial charge in [-0.3, -0.25) is 4.98 Å². The van der Waals surface area contributed by atoms with Crippen LogP contribution >= 0.6 is 0 Å². The van der Waals surface area contributed by atoms with Crippen molar-refractivity contribution < 1.29 is 8.42 Å². The molecule has 0 saturated carbocycles. The third-order valence-electron chi connectivity index (χ3n) is 3.00. The molecule has 0 amide bonds. The van der Waals surface area contributed by atoms with E-state index in [0.717, 1.165) is 0 Å². The van der Waals surface area contributed by atoms with Crippen molar-refractivity contribution in [3.05, 3.63) is 42.7 Å². The van der Waals surface area contributed by atoms with Gasteiger partial charge >= 0.3 is 0 Å². The van der Waals surface area contributed by atoms with E-state index in [1.165, 1.54) is 10.5 Å². The zero-order valence-electron chi connectivity index (χ0n) is 11.5. The number of rotatable bonds is 5. The van der Waals surface area contributed by atoms with E-state index in [1.807, 2.05) is 19.9 Å². The number of hydrogen-bond donors (Lipinski definition) is 0. The molecule has 0 unspecified atom stereocenters. The quantitative estimate of drug-likeness (QED) is 0.847. The summed E-state index contributed by atoms with van der Waals surface area (Å²) in [4.78, 5) is 8.29. The third-order valence-corrected chi connectivity index (χ3v) is 5.01. The van der Waals surface area contributed by atoms with E-state index in [9.17, 15) is 8.42 Å². The molecule has 0 bridgehead atoms. The average Bonchev–Trinajstić information content (AvgIpc) is 2.49. The van der Waals surface area contributed by atoms with Gasteiger partial charge in [-0.2, -0.15) is 4.31 Å².